The number of carboxylic acid groups (broad SMARTS) is 1. The molecule has 1 unspecified atom stereocenters. The first-order valence-corrected chi connectivity index (χ1v) is 11.5. The summed E-state index contributed by atoms with van der Waals surface area (Å²) in [6.07, 6.45) is 21.5. The highest BCUT2D eigenvalue weighted by Crippen LogP contribution is 2.30. The van der Waals surface area contributed by atoms with Crippen molar-refractivity contribution in [3.8, 4) is 0 Å². The number of carboxylic acids is 1. The molecule has 150 valence electrons. The summed E-state index contributed by atoms with van der Waals surface area (Å²) in [5.41, 5.74) is 0. The van der Waals surface area contributed by atoms with Crippen molar-refractivity contribution < 1.29 is 9.90 Å². The minimum Gasteiger partial charge on any atom is -0.480 e. The molecule has 0 heterocycles. The first-order chi connectivity index (χ1) is 12.1. The van der Waals surface area contributed by atoms with E-state index < -0.39 is 10.7 Å². The van der Waals surface area contributed by atoms with E-state index in [1.165, 1.54) is 77.0 Å². The van der Waals surface area contributed by atoms with Crippen molar-refractivity contribution >= 4 is 18.6 Å². The molecule has 0 aromatic heterocycles. The Morgan fingerprint density at radius 3 is 1.20 bits per heavy atom. The normalized spacial score (nSPS) is 13.7. The smallest absolute Gasteiger partial charge is 0.319 e. The zero-order valence-corrected chi connectivity index (χ0v) is 17.9. The zero-order valence-electron chi connectivity index (χ0n) is 17.0. The van der Waals surface area contributed by atoms with Crippen LogP contribution in [-0.2, 0) is 4.79 Å². The number of aliphatic carboxylic acids is 1. The van der Waals surface area contributed by atoms with Crippen molar-refractivity contribution in [2.24, 2.45) is 0 Å². The number of hydrogen-bond donors (Lipinski definition) is 2. The molecule has 0 aliphatic heterocycles. The Bertz CT molecular complexity index is 306. The van der Waals surface area contributed by atoms with Gasteiger partial charge in [-0.1, -0.05) is 117 Å². The SMILES string of the molecule is CCCCCCCCCCCC(S)(CCCCCCCCC)C(=O)O. The van der Waals surface area contributed by atoms with Gasteiger partial charge in [-0.05, 0) is 12.8 Å². The third-order valence-electron chi connectivity index (χ3n) is 5.29. The second-order valence-electron chi connectivity index (χ2n) is 7.79. The summed E-state index contributed by atoms with van der Waals surface area (Å²) >= 11 is 4.55. The van der Waals surface area contributed by atoms with Crippen LogP contribution in [0.5, 0.6) is 0 Å². The summed E-state index contributed by atoms with van der Waals surface area (Å²) in [5, 5.41) is 9.55. The summed E-state index contributed by atoms with van der Waals surface area (Å²) in [6, 6.07) is 0. The van der Waals surface area contributed by atoms with Crippen LogP contribution >= 0.6 is 12.6 Å². The summed E-state index contributed by atoms with van der Waals surface area (Å²) in [4.78, 5) is 11.6. The maximum Gasteiger partial charge on any atom is 0.319 e. The largest absolute Gasteiger partial charge is 0.480 e. The van der Waals surface area contributed by atoms with Crippen molar-refractivity contribution in [1.29, 1.82) is 0 Å². The molecule has 0 radical (unpaired) electrons. The molecule has 25 heavy (non-hydrogen) atoms. The number of hydrogen-bond acceptors (Lipinski definition) is 2. The molecule has 0 fully saturated rings. The van der Waals surface area contributed by atoms with Crippen LogP contribution in [0, 0.1) is 0 Å². The fourth-order valence-corrected chi connectivity index (χ4v) is 3.76. The van der Waals surface area contributed by atoms with Gasteiger partial charge in [0.2, 0.25) is 0 Å². The van der Waals surface area contributed by atoms with Crippen LogP contribution < -0.4 is 0 Å². The van der Waals surface area contributed by atoms with Gasteiger partial charge in [-0.25, -0.2) is 0 Å². The van der Waals surface area contributed by atoms with Crippen molar-refractivity contribution in [1.82, 2.24) is 0 Å². The monoisotopic (exact) mass is 372 g/mol. The Labute approximate surface area is 163 Å². The molecule has 2 nitrogen and oxygen atoms in total. The van der Waals surface area contributed by atoms with Gasteiger partial charge in [-0.2, -0.15) is 12.6 Å². The minimum absolute atomic E-state index is 0.718. The number of rotatable bonds is 19. The first kappa shape index (κ1) is 24.8. The molecule has 3 heteroatoms. The van der Waals surface area contributed by atoms with E-state index in [9.17, 15) is 9.90 Å². The van der Waals surface area contributed by atoms with Gasteiger partial charge in [0.25, 0.3) is 0 Å². The number of unbranched alkanes of at least 4 members (excludes halogenated alkanes) is 14. The molecule has 0 saturated carbocycles. The number of carbonyl (C=O) groups is 1. The van der Waals surface area contributed by atoms with E-state index in [4.69, 9.17) is 0 Å². The van der Waals surface area contributed by atoms with E-state index in [0.717, 1.165) is 38.5 Å². The van der Waals surface area contributed by atoms with Crippen LogP contribution in [0.1, 0.15) is 129 Å². The maximum absolute atomic E-state index is 11.6. The van der Waals surface area contributed by atoms with Gasteiger partial charge < -0.3 is 5.11 Å². The summed E-state index contributed by atoms with van der Waals surface area (Å²) < 4.78 is -0.801. The van der Waals surface area contributed by atoms with Gasteiger partial charge in [0, 0.05) is 0 Å². The fourth-order valence-electron chi connectivity index (χ4n) is 3.44. The van der Waals surface area contributed by atoms with Crippen molar-refractivity contribution in [2.75, 3.05) is 0 Å². The van der Waals surface area contributed by atoms with Gasteiger partial charge in [-0.15, -0.1) is 0 Å². The average Bonchev–Trinajstić information content (AvgIpc) is 2.59. The molecule has 0 aromatic carbocycles. The first-order valence-electron chi connectivity index (χ1n) is 11.0. The highest BCUT2D eigenvalue weighted by molar-refractivity contribution is 7.82. The lowest BCUT2D eigenvalue weighted by atomic mass is 9.93. The van der Waals surface area contributed by atoms with Crippen LogP contribution in [0.4, 0.5) is 0 Å². The Balaban J connectivity index is 3.71. The summed E-state index contributed by atoms with van der Waals surface area (Å²) in [5.74, 6) is -0.721. The van der Waals surface area contributed by atoms with Gasteiger partial charge in [0.1, 0.15) is 4.75 Å². The van der Waals surface area contributed by atoms with Crippen molar-refractivity contribution in [2.45, 2.75) is 134 Å². The van der Waals surface area contributed by atoms with Gasteiger partial charge in [-0.3, -0.25) is 4.79 Å². The topological polar surface area (TPSA) is 37.3 Å². The van der Waals surface area contributed by atoms with Crippen molar-refractivity contribution in [3.63, 3.8) is 0 Å². The van der Waals surface area contributed by atoms with E-state index in [-0.39, 0.29) is 0 Å². The van der Waals surface area contributed by atoms with Gasteiger partial charge in [0.15, 0.2) is 0 Å². The molecule has 0 bridgehead atoms. The number of thiol groups is 1. The molecule has 0 rings (SSSR count). The van der Waals surface area contributed by atoms with E-state index >= 15 is 0 Å². The van der Waals surface area contributed by atoms with Crippen molar-refractivity contribution in [3.05, 3.63) is 0 Å². The fraction of sp³-hybridized carbons (Fsp3) is 0.955. The zero-order chi connectivity index (χ0) is 18.8. The third kappa shape index (κ3) is 14.7. The highest BCUT2D eigenvalue weighted by Gasteiger charge is 2.32. The molecule has 1 atom stereocenters. The van der Waals surface area contributed by atoms with Crippen LogP contribution in [0.15, 0.2) is 0 Å². The molecule has 0 saturated heterocycles. The van der Waals surface area contributed by atoms with Gasteiger partial charge >= 0.3 is 5.97 Å². The maximum atomic E-state index is 11.6. The average molecular weight is 373 g/mol. The molecular formula is C22H44O2S. The molecule has 0 aliphatic carbocycles. The molecule has 0 amide bonds. The van der Waals surface area contributed by atoms with E-state index in [1.54, 1.807) is 0 Å². The lowest BCUT2D eigenvalue weighted by molar-refractivity contribution is -0.140. The van der Waals surface area contributed by atoms with Crippen LogP contribution in [-0.4, -0.2) is 15.8 Å². The Morgan fingerprint density at radius 1 is 0.640 bits per heavy atom. The predicted molar refractivity (Wildman–Crippen MR) is 114 cm³/mol. The second-order valence-corrected chi connectivity index (χ2v) is 8.64. The summed E-state index contributed by atoms with van der Waals surface area (Å²) in [7, 11) is 0. The Morgan fingerprint density at radius 2 is 0.920 bits per heavy atom. The standard InChI is InChI=1S/C22H44O2S/c1-3-5-7-9-11-12-14-16-18-20-22(25,21(23)24)19-17-15-13-10-8-6-4-2/h25H,3-20H2,1-2H3,(H,23,24). The minimum atomic E-state index is -0.801. The van der Waals surface area contributed by atoms with Crippen LogP contribution in [0.25, 0.3) is 0 Å². The second kappa shape index (κ2) is 17.2. The Kier molecular flexibility index (Phi) is 17.1. The van der Waals surface area contributed by atoms with E-state index in [0.29, 0.717) is 0 Å². The van der Waals surface area contributed by atoms with Gasteiger partial charge in [0.05, 0.1) is 0 Å². The van der Waals surface area contributed by atoms with Crippen LogP contribution in [0.3, 0.4) is 0 Å². The molecule has 0 aliphatic rings. The van der Waals surface area contributed by atoms with Crippen LogP contribution in [0.2, 0.25) is 0 Å². The molecule has 0 spiro atoms. The lowest BCUT2D eigenvalue weighted by Gasteiger charge is -2.23. The Hall–Kier alpha value is -0.180. The van der Waals surface area contributed by atoms with E-state index in [2.05, 4.69) is 26.5 Å². The highest BCUT2D eigenvalue weighted by atomic mass is 32.1. The predicted octanol–water partition coefficient (Wildman–Crippen LogP) is 7.80. The lowest BCUT2D eigenvalue weighted by Crippen LogP contribution is -2.32. The van der Waals surface area contributed by atoms with E-state index in [1.807, 2.05) is 0 Å². The molecular weight excluding hydrogens is 328 g/mol. The third-order valence-corrected chi connectivity index (χ3v) is 5.92. The molecule has 1 N–H and O–H groups in total. The molecule has 0 aromatic rings. The quantitative estimate of drug-likeness (QED) is 0.179. The summed E-state index contributed by atoms with van der Waals surface area (Å²) in [6.45, 7) is 4.48.